The van der Waals surface area contributed by atoms with Gasteiger partial charge < -0.3 is 10.2 Å². The topological polar surface area (TPSA) is 32.3 Å². The van der Waals surface area contributed by atoms with Gasteiger partial charge in [0.05, 0.1) is 6.42 Å². The lowest BCUT2D eigenvalue weighted by molar-refractivity contribution is -0.133. The zero-order valence-corrected chi connectivity index (χ0v) is 14.5. The number of carbonyl (C=O) groups is 1. The van der Waals surface area contributed by atoms with Crippen molar-refractivity contribution in [1.82, 2.24) is 10.2 Å². The van der Waals surface area contributed by atoms with Crippen molar-refractivity contribution >= 4 is 21.8 Å². The van der Waals surface area contributed by atoms with Crippen LogP contribution in [0.25, 0.3) is 0 Å². The summed E-state index contributed by atoms with van der Waals surface area (Å²) in [5.74, 6) is 0.877. The van der Waals surface area contributed by atoms with Gasteiger partial charge in [0.25, 0.3) is 0 Å². The van der Waals surface area contributed by atoms with Crippen molar-refractivity contribution in [2.45, 2.75) is 39.2 Å². The summed E-state index contributed by atoms with van der Waals surface area (Å²) in [7, 11) is 0. The van der Waals surface area contributed by atoms with Gasteiger partial charge in [0, 0.05) is 17.1 Å². The van der Waals surface area contributed by atoms with Crippen molar-refractivity contribution in [2.24, 2.45) is 5.92 Å². The predicted octanol–water partition coefficient (Wildman–Crippen LogP) is 3.23. The average molecular weight is 353 g/mol. The van der Waals surface area contributed by atoms with Crippen LogP contribution in [-0.4, -0.2) is 36.5 Å². The molecule has 0 aromatic heterocycles. The Morgan fingerprint density at radius 2 is 2.10 bits per heavy atom. The van der Waals surface area contributed by atoms with E-state index in [1.807, 2.05) is 24.3 Å². The summed E-state index contributed by atoms with van der Waals surface area (Å²) in [4.78, 5) is 14.7. The number of hydrogen-bond donors (Lipinski definition) is 1. The summed E-state index contributed by atoms with van der Waals surface area (Å²) in [6, 6.07) is 8.29. The van der Waals surface area contributed by atoms with Gasteiger partial charge in [-0.05, 0) is 63.4 Å². The Kier molecular flexibility index (Phi) is 6.24. The molecule has 1 aromatic carbocycles. The van der Waals surface area contributed by atoms with Crippen molar-refractivity contribution in [1.29, 1.82) is 0 Å². The van der Waals surface area contributed by atoms with E-state index in [4.69, 9.17) is 0 Å². The number of carbonyl (C=O) groups excluding carboxylic acids is 1. The summed E-state index contributed by atoms with van der Waals surface area (Å²) in [5.41, 5.74) is 1.07. The van der Waals surface area contributed by atoms with E-state index < -0.39 is 0 Å². The molecule has 0 aliphatic carbocycles. The summed E-state index contributed by atoms with van der Waals surface area (Å²) in [5, 5.41) is 3.38. The molecule has 0 bridgehead atoms. The van der Waals surface area contributed by atoms with E-state index in [9.17, 15) is 4.79 Å². The molecule has 0 spiro atoms. The first-order valence-electron chi connectivity index (χ1n) is 7.81. The van der Waals surface area contributed by atoms with Crippen molar-refractivity contribution in [3.05, 3.63) is 34.3 Å². The highest BCUT2D eigenvalue weighted by Crippen LogP contribution is 2.17. The number of halogens is 1. The molecule has 4 heteroatoms. The Balaban J connectivity index is 1.98. The Morgan fingerprint density at radius 1 is 1.38 bits per heavy atom. The highest BCUT2D eigenvalue weighted by Gasteiger charge is 2.22. The normalized spacial score (nSPS) is 16.2. The van der Waals surface area contributed by atoms with Crippen LogP contribution in [0.4, 0.5) is 0 Å². The summed E-state index contributed by atoms with van der Waals surface area (Å²) >= 11 is 3.47. The van der Waals surface area contributed by atoms with E-state index in [-0.39, 0.29) is 11.9 Å². The van der Waals surface area contributed by atoms with Crippen molar-refractivity contribution in [3.8, 4) is 0 Å². The van der Waals surface area contributed by atoms with Crippen LogP contribution >= 0.6 is 15.9 Å². The summed E-state index contributed by atoms with van der Waals surface area (Å²) in [6.45, 7) is 7.28. The summed E-state index contributed by atoms with van der Waals surface area (Å²) in [6.07, 6.45) is 2.84. The largest absolute Gasteiger partial charge is 0.340 e. The maximum atomic E-state index is 12.6. The van der Waals surface area contributed by atoms with Gasteiger partial charge in [0.15, 0.2) is 0 Å². The molecule has 3 nitrogen and oxygen atoms in total. The minimum absolute atomic E-state index is 0.238. The second kappa shape index (κ2) is 7.95. The predicted molar refractivity (Wildman–Crippen MR) is 90.3 cm³/mol. The van der Waals surface area contributed by atoms with Gasteiger partial charge in [-0.3, -0.25) is 4.79 Å². The first-order chi connectivity index (χ1) is 10.1. The molecule has 1 amide bonds. The van der Waals surface area contributed by atoms with E-state index in [0.717, 1.165) is 29.7 Å². The van der Waals surface area contributed by atoms with Gasteiger partial charge in [-0.1, -0.05) is 28.1 Å². The lowest BCUT2D eigenvalue weighted by atomic mass is 9.96. The van der Waals surface area contributed by atoms with Crippen LogP contribution in [0.2, 0.25) is 0 Å². The van der Waals surface area contributed by atoms with E-state index in [2.05, 4.69) is 40.0 Å². The first-order valence-corrected chi connectivity index (χ1v) is 8.60. The maximum Gasteiger partial charge on any atom is 0.227 e. The van der Waals surface area contributed by atoms with Crippen LogP contribution in [0, 0.1) is 5.92 Å². The molecule has 1 fully saturated rings. The van der Waals surface area contributed by atoms with E-state index >= 15 is 0 Å². The SMILES string of the molecule is CC(C)N(CC1CCNCC1)C(=O)Cc1cccc(Br)c1. The lowest BCUT2D eigenvalue weighted by Gasteiger charge is -2.33. The molecule has 0 saturated carbocycles. The van der Waals surface area contributed by atoms with Gasteiger partial charge in [-0.25, -0.2) is 0 Å². The lowest BCUT2D eigenvalue weighted by Crippen LogP contribution is -2.43. The van der Waals surface area contributed by atoms with E-state index in [0.29, 0.717) is 12.3 Å². The fourth-order valence-corrected chi connectivity index (χ4v) is 3.31. The third-order valence-electron chi connectivity index (χ3n) is 4.10. The molecule has 21 heavy (non-hydrogen) atoms. The highest BCUT2D eigenvalue weighted by atomic mass is 79.9. The number of rotatable bonds is 5. The van der Waals surface area contributed by atoms with Gasteiger partial charge in [-0.2, -0.15) is 0 Å². The van der Waals surface area contributed by atoms with Crippen molar-refractivity contribution < 1.29 is 4.79 Å². The fourth-order valence-electron chi connectivity index (χ4n) is 2.87. The zero-order chi connectivity index (χ0) is 15.2. The van der Waals surface area contributed by atoms with Crippen LogP contribution in [0.5, 0.6) is 0 Å². The average Bonchev–Trinajstić information content (AvgIpc) is 2.45. The number of hydrogen-bond acceptors (Lipinski definition) is 2. The second-order valence-electron chi connectivity index (χ2n) is 6.14. The third-order valence-corrected chi connectivity index (χ3v) is 4.59. The Labute approximate surface area is 136 Å². The van der Waals surface area contributed by atoms with Gasteiger partial charge in [-0.15, -0.1) is 0 Å². The molecule has 1 saturated heterocycles. The van der Waals surface area contributed by atoms with Crippen LogP contribution in [0.15, 0.2) is 28.7 Å². The second-order valence-corrected chi connectivity index (χ2v) is 7.06. The minimum atomic E-state index is 0.238. The van der Waals surface area contributed by atoms with Crippen LogP contribution in [0.1, 0.15) is 32.3 Å². The van der Waals surface area contributed by atoms with Gasteiger partial charge >= 0.3 is 0 Å². The molecule has 1 N–H and O–H groups in total. The van der Waals surface area contributed by atoms with Gasteiger partial charge in [0.2, 0.25) is 5.91 Å². The number of amides is 1. The monoisotopic (exact) mass is 352 g/mol. The van der Waals surface area contributed by atoms with Crippen LogP contribution in [-0.2, 0) is 11.2 Å². The molecule has 1 heterocycles. The van der Waals surface area contributed by atoms with Crippen molar-refractivity contribution in [2.75, 3.05) is 19.6 Å². The molecular formula is C17H25BrN2O. The van der Waals surface area contributed by atoms with E-state index in [1.54, 1.807) is 0 Å². The first kappa shape index (κ1) is 16.5. The number of nitrogens with one attached hydrogen (secondary N) is 1. The van der Waals surface area contributed by atoms with Crippen molar-refractivity contribution in [3.63, 3.8) is 0 Å². The smallest absolute Gasteiger partial charge is 0.227 e. The molecule has 0 atom stereocenters. The van der Waals surface area contributed by atoms with Crippen LogP contribution in [0.3, 0.4) is 0 Å². The number of benzene rings is 1. The Morgan fingerprint density at radius 3 is 2.71 bits per heavy atom. The molecule has 0 unspecified atom stereocenters. The fraction of sp³-hybridized carbons (Fsp3) is 0.588. The summed E-state index contributed by atoms with van der Waals surface area (Å²) < 4.78 is 1.03. The molecule has 1 aliphatic heterocycles. The maximum absolute atomic E-state index is 12.6. The molecule has 2 rings (SSSR count). The van der Waals surface area contributed by atoms with Gasteiger partial charge in [0.1, 0.15) is 0 Å². The number of nitrogens with zero attached hydrogens (tertiary/aromatic N) is 1. The van der Waals surface area contributed by atoms with Crippen LogP contribution < -0.4 is 5.32 Å². The zero-order valence-electron chi connectivity index (χ0n) is 12.9. The molecular weight excluding hydrogens is 328 g/mol. The molecule has 1 aromatic rings. The third kappa shape index (κ3) is 5.11. The standard InChI is InChI=1S/C17H25BrN2O/c1-13(2)20(12-14-6-8-19-9-7-14)17(21)11-15-4-3-5-16(18)10-15/h3-5,10,13-14,19H,6-9,11-12H2,1-2H3. The molecule has 1 aliphatic rings. The molecule has 116 valence electrons. The van der Waals surface area contributed by atoms with E-state index in [1.165, 1.54) is 12.8 Å². The highest BCUT2D eigenvalue weighted by molar-refractivity contribution is 9.10. The minimum Gasteiger partial charge on any atom is -0.340 e. The number of piperidine rings is 1. The Hall–Kier alpha value is -0.870. The Bertz CT molecular complexity index is 470. The molecule has 0 radical (unpaired) electrons. The quantitative estimate of drug-likeness (QED) is 0.882.